The number of thioether (sulfide) groups is 1. The summed E-state index contributed by atoms with van der Waals surface area (Å²) in [6.07, 6.45) is 1.11. The van der Waals surface area contributed by atoms with Crippen LogP contribution in [0.5, 0.6) is 0 Å². The topological polar surface area (TPSA) is 29.3 Å². The Balaban J connectivity index is 2.05. The maximum absolute atomic E-state index is 5.71. The maximum Gasteiger partial charge on any atom is 0.0402 e. The van der Waals surface area contributed by atoms with Crippen molar-refractivity contribution in [3.05, 3.63) is 29.8 Å². The van der Waals surface area contributed by atoms with Crippen LogP contribution < -0.4 is 10.6 Å². The van der Waals surface area contributed by atoms with E-state index in [9.17, 15) is 0 Å². The van der Waals surface area contributed by atoms with Crippen LogP contribution >= 0.6 is 11.8 Å². The van der Waals surface area contributed by atoms with Crippen LogP contribution in [0.25, 0.3) is 0 Å². The van der Waals surface area contributed by atoms with Crippen LogP contribution in [0.2, 0.25) is 0 Å². The van der Waals surface area contributed by atoms with Crippen LogP contribution in [0, 0.1) is 0 Å². The molecule has 1 atom stereocenters. The molecule has 1 aliphatic heterocycles. The molecule has 0 saturated carbocycles. The highest BCUT2D eigenvalue weighted by molar-refractivity contribution is 7.99. The van der Waals surface area contributed by atoms with Crippen molar-refractivity contribution in [1.82, 2.24) is 0 Å². The fourth-order valence-corrected chi connectivity index (χ4v) is 3.20. The molecule has 0 saturated heterocycles. The highest BCUT2D eigenvalue weighted by Gasteiger charge is 2.26. The van der Waals surface area contributed by atoms with Gasteiger partial charge in [-0.25, -0.2) is 0 Å². The molecule has 3 heteroatoms. The lowest BCUT2D eigenvalue weighted by molar-refractivity contribution is 0.651. The first-order valence-electron chi connectivity index (χ1n) is 6.48. The zero-order valence-electron chi connectivity index (χ0n) is 10.6. The van der Waals surface area contributed by atoms with E-state index in [0.717, 1.165) is 26.1 Å². The lowest BCUT2D eigenvalue weighted by Gasteiger charge is -2.19. The number of benzene rings is 1. The summed E-state index contributed by atoms with van der Waals surface area (Å²) in [6, 6.07) is 8.81. The third-order valence-corrected chi connectivity index (χ3v) is 4.26. The molecule has 0 aromatic heterocycles. The Morgan fingerprint density at radius 2 is 2.24 bits per heavy atom. The summed E-state index contributed by atoms with van der Waals surface area (Å²) in [6.45, 7) is 5.33. The van der Waals surface area contributed by atoms with Crippen molar-refractivity contribution < 1.29 is 0 Å². The second-order valence-corrected chi connectivity index (χ2v) is 5.87. The van der Waals surface area contributed by atoms with E-state index < -0.39 is 0 Å². The average Bonchev–Trinajstić information content (AvgIpc) is 2.70. The van der Waals surface area contributed by atoms with Gasteiger partial charge in [-0.15, -0.1) is 0 Å². The van der Waals surface area contributed by atoms with E-state index in [-0.39, 0.29) is 0 Å². The van der Waals surface area contributed by atoms with Crippen molar-refractivity contribution in [2.45, 2.75) is 19.3 Å². The molecule has 2 nitrogen and oxygen atoms in total. The van der Waals surface area contributed by atoms with Crippen molar-refractivity contribution in [3.8, 4) is 0 Å². The fraction of sp³-hybridized carbons (Fsp3) is 0.571. The molecule has 1 aromatic rings. The molecule has 0 fully saturated rings. The van der Waals surface area contributed by atoms with Crippen LogP contribution in [-0.4, -0.2) is 31.1 Å². The van der Waals surface area contributed by atoms with E-state index in [1.54, 1.807) is 0 Å². The van der Waals surface area contributed by atoms with Gasteiger partial charge in [0.25, 0.3) is 0 Å². The summed E-state index contributed by atoms with van der Waals surface area (Å²) in [5.41, 5.74) is 8.64. The molecule has 1 aromatic carbocycles. The van der Waals surface area contributed by atoms with E-state index in [4.69, 9.17) is 5.73 Å². The highest BCUT2D eigenvalue weighted by atomic mass is 32.2. The zero-order chi connectivity index (χ0) is 12.1. The first-order chi connectivity index (χ1) is 8.36. The Labute approximate surface area is 109 Å². The van der Waals surface area contributed by atoms with Crippen molar-refractivity contribution in [2.24, 2.45) is 5.73 Å². The van der Waals surface area contributed by atoms with Gasteiger partial charge in [0.05, 0.1) is 0 Å². The number of para-hydroxylation sites is 1. The number of nitrogens with zero attached hydrogens (tertiary/aromatic N) is 1. The van der Waals surface area contributed by atoms with Crippen LogP contribution in [0.15, 0.2) is 24.3 Å². The van der Waals surface area contributed by atoms with Gasteiger partial charge < -0.3 is 10.6 Å². The number of hydrogen-bond donors (Lipinski definition) is 1. The Hall–Kier alpha value is -0.670. The summed E-state index contributed by atoms with van der Waals surface area (Å²) in [4.78, 5) is 2.53. The summed E-state index contributed by atoms with van der Waals surface area (Å²) in [7, 11) is 0. The predicted octanol–water partition coefficient (Wildman–Crippen LogP) is 2.69. The number of rotatable bonds is 6. The molecular weight excluding hydrogens is 228 g/mol. The average molecular weight is 250 g/mol. The fourth-order valence-electron chi connectivity index (χ4n) is 2.56. The minimum Gasteiger partial charge on any atom is -0.370 e. The number of anilines is 1. The molecule has 2 rings (SSSR count). The minimum atomic E-state index is 0.642. The third kappa shape index (κ3) is 2.96. The standard InChI is InChI=1S/C14H22N2S/c1-2-17-10-9-16-11-12(7-8-15)13-5-3-4-6-14(13)16/h3-6,12H,2,7-11,15H2,1H3. The van der Waals surface area contributed by atoms with E-state index in [1.165, 1.54) is 22.8 Å². The molecule has 0 spiro atoms. The predicted molar refractivity (Wildman–Crippen MR) is 78.1 cm³/mol. The largest absolute Gasteiger partial charge is 0.370 e. The molecular formula is C14H22N2S. The van der Waals surface area contributed by atoms with Gasteiger partial charge in [-0.1, -0.05) is 25.1 Å². The molecule has 94 valence electrons. The second-order valence-electron chi connectivity index (χ2n) is 4.48. The highest BCUT2D eigenvalue weighted by Crippen LogP contribution is 2.37. The van der Waals surface area contributed by atoms with Gasteiger partial charge in [-0.05, 0) is 30.3 Å². The second kappa shape index (κ2) is 6.31. The quantitative estimate of drug-likeness (QED) is 0.787. The zero-order valence-corrected chi connectivity index (χ0v) is 11.4. The molecule has 2 N–H and O–H groups in total. The number of hydrogen-bond acceptors (Lipinski definition) is 3. The van der Waals surface area contributed by atoms with Crippen molar-refractivity contribution in [2.75, 3.05) is 36.0 Å². The molecule has 1 unspecified atom stereocenters. The molecule has 0 radical (unpaired) electrons. The van der Waals surface area contributed by atoms with Crippen molar-refractivity contribution >= 4 is 17.4 Å². The maximum atomic E-state index is 5.71. The number of nitrogens with two attached hydrogens (primary N) is 1. The third-order valence-electron chi connectivity index (χ3n) is 3.38. The van der Waals surface area contributed by atoms with Crippen molar-refractivity contribution in [1.29, 1.82) is 0 Å². The number of fused-ring (bicyclic) bond motifs is 1. The van der Waals surface area contributed by atoms with Gasteiger partial charge in [0.2, 0.25) is 0 Å². The van der Waals surface area contributed by atoms with Crippen LogP contribution in [0.3, 0.4) is 0 Å². The van der Waals surface area contributed by atoms with Crippen molar-refractivity contribution in [3.63, 3.8) is 0 Å². The van der Waals surface area contributed by atoms with E-state index in [0.29, 0.717) is 5.92 Å². The lowest BCUT2D eigenvalue weighted by Crippen LogP contribution is -2.25. The summed E-state index contributed by atoms with van der Waals surface area (Å²) in [5.74, 6) is 3.07. The molecule has 0 amide bonds. The first-order valence-corrected chi connectivity index (χ1v) is 7.64. The Bertz CT molecular complexity index is 354. The minimum absolute atomic E-state index is 0.642. The molecule has 1 aliphatic rings. The van der Waals surface area contributed by atoms with Gasteiger partial charge in [-0.2, -0.15) is 11.8 Å². The molecule has 17 heavy (non-hydrogen) atoms. The Morgan fingerprint density at radius 1 is 1.41 bits per heavy atom. The van der Waals surface area contributed by atoms with Gasteiger partial charge in [0.1, 0.15) is 0 Å². The molecule has 0 aliphatic carbocycles. The van der Waals surface area contributed by atoms with Crippen LogP contribution in [0.1, 0.15) is 24.8 Å². The summed E-state index contributed by atoms with van der Waals surface area (Å²) < 4.78 is 0. The lowest BCUT2D eigenvalue weighted by atomic mass is 9.98. The van der Waals surface area contributed by atoms with E-state index >= 15 is 0 Å². The first kappa shape index (κ1) is 12.8. The molecule has 1 heterocycles. The van der Waals surface area contributed by atoms with Crippen LogP contribution in [-0.2, 0) is 0 Å². The SMILES string of the molecule is CCSCCN1CC(CCN)c2ccccc21. The molecule has 0 bridgehead atoms. The van der Waals surface area contributed by atoms with E-state index in [2.05, 4.69) is 36.1 Å². The van der Waals surface area contributed by atoms with Crippen LogP contribution in [0.4, 0.5) is 5.69 Å². The summed E-state index contributed by atoms with van der Waals surface area (Å²) >= 11 is 2.02. The Kier molecular flexibility index (Phi) is 4.75. The summed E-state index contributed by atoms with van der Waals surface area (Å²) in [5, 5.41) is 0. The van der Waals surface area contributed by atoms with Gasteiger partial charge in [0, 0.05) is 30.4 Å². The normalized spacial score (nSPS) is 18.5. The van der Waals surface area contributed by atoms with Gasteiger partial charge in [-0.3, -0.25) is 0 Å². The van der Waals surface area contributed by atoms with Gasteiger partial charge >= 0.3 is 0 Å². The Morgan fingerprint density at radius 3 is 3.00 bits per heavy atom. The smallest absolute Gasteiger partial charge is 0.0402 e. The van der Waals surface area contributed by atoms with Gasteiger partial charge in [0.15, 0.2) is 0 Å². The monoisotopic (exact) mass is 250 g/mol. The van der Waals surface area contributed by atoms with E-state index in [1.807, 2.05) is 11.8 Å².